The number of ether oxygens (including phenoxy) is 2. The average molecular weight is 392 g/mol. The Balaban J connectivity index is 1.86. The van der Waals surface area contributed by atoms with Gasteiger partial charge in [-0.25, -0.2) is 0 Å². The van der Waals surface area contributed by atoms with E-state index in [-0.39, 0.29) is 11.7 Å². The molecule has 3 rings (SSSR count). The van der Waals surface area contributed by atoms with Gasteiger partial charge in [-0.2, -0.15) is 10.1 Å². The van der Waals surface area contributed by atoms with Crippen LogP contribution in [0.15, 0.2) is 53.1 Å². The van der Waals surface area contributed by atoms with E-state index < -0.39 is 0 Å². The number of nitrogens with zero attached hydrogens (tertiary/aromatic N) is 2. The van der Waals surface area contributed by atoms with E-state index in [0.717, 1.165) is 12.0 Å². The fraction of sp³-hybridized carbons (Fsp3) is 0.261. The van der Waals surface area contributed by atoms with Crippen molar-refractivity contribution in [3.63, 3.8) is 0 Å². The van der Waals surface area contributed by atoms with E-state index in [9.17, 15) is 9.59 Å². The minimum atomic E-state index is -0.219. The first-order valence-electron chi connectivity index (χ1n) is 9.48. The van der Waals surface area contributed by atoms with Crippen LogP contribution in [0.5, 0.6) is 11.5 Å². The minimum Gasteiger partial charge on any atom is -0.493 e. The van der Waals surface area contributed by atoms with Crippen molar-refractivity contribution < 1.29 is 19.1 Å². The van der Waals surface area contributed by atoms with Gasteiger partial charge in [0.05, 0.1) is 30.7 Å². The van der Waals surface area contributed by atoms with Crippen molar-refractivity contribution >= 4 is 29.2 Å². The summed E-state index contributed by atoms with van der Waals surface area (Å²) in [5.74, 6) is 1.05. The van der Waals surface area contributed by atoms with Crippen molar-refractivity contribution in [1.82, 2.24) is 0 Å². The number of rotatable bonds is 7. The molecule has 0 aliphatic carbocycles. The van der Waals surface area contributed by atoms with Crippen LogP contribution >= 0.6 is 0 Å². The van der Waals surface area contributed by atoms with Crippen LogP contribution in [-0.4, -0.2) is 31.1 Å². The molecule has 0 unspecified atom stereocenters. The lowest BCUT2D eigenvalue weighted by Gasteiger charge is -2.12. The number of anilines is 1. The molecule has 0 aromatic heterocycles. The fourth-order valence-corrected chi connectivity index (χ4v) is 2.97. The van der Waals surface area contributed by atoms with Gasteiger partial charge >= 0.3 is 0 Å². The maximum Gasteiger partial charge on any atom is 0.280 e. The second-order valence-corrected chi connectivity index (χ2v) is 6.72. The SMILES string of the molecule is CCCOc1ccc(C=C2C(=O)N(c3ccc(C(C)=O)cc3)N=C2C)cc1OC. The molecule has 2 aromatic carbocycles. The number of ketones is 1. The second-order valence-electron chi connectivity index (χ2n) is 6.72. The van der Waals surface area contributed by atoms with E-state index in [2.05, 4.69) is 5.10 Å². The third-order valence-corrected chi connectivity index (χ3v) is 4.54. The Labute approximate surface area is 170 Å². The molecule has 0 bridgehead atoms. The standard InChI is InChI=1S/C23H24N2O4/c1-5-12-29-21-11-6-17(14-22(21)28-4)13-20-15(2)24-25(23(20)27)19-9-7-18(8-10-19)16(3)26/h6-11,13-14H,5,12H2,1-4H3. The minimum absolute atomic E-state index is 0.0233. The zero-order chi connectivity index (χ0) is 21.0. The number of carbonyl (C=O) groups excluding carboxylic acids is 2. The Hall–Kier alpha value is -3.41. The molecule has 2 aromatic rings. The number of carbonyl (C=O) groups is 2. The van der Waals surface area contributed by atoms with Crippen molar-refractivity contribution in [2.24, 2.45) is 5.10 Å². The predicted molar refractivity (Wildman–Crippen MR) is 114 cm³/mol. The number of amides is 1. The molecular weight excluding hydrogens is 368 g/mol. The first-order chi connectivity index (χ1) is 13.9. The summed E-state index contributed by atoms with van der Waals surface area (Å²) >= 11 is 0. The van der Waals surface area contributed by atoms with Gasteiger partial charge in [-0.15, -0.1) is 0 Å². The summed E-state index contributed by atoms with van der Waals surface area (Å²) in [5, 5.41) is 5.73. The summed E-state index contributed by atoms with van der Waals surface area (Å²) in [7, 11) is 1.59. The van der Waals surface area contributed by atoms with Crippen LogP contribution < -0.4 is 14.5 Å². The average Bonchev–Trinajstić information content (AvgIpc) is 3.01. The van der Waals surface area contributed by atoms with E-state index in [0.29, 0.717) is 40.6 Å². The molecule has 1 amide bonds. The summed E-state index contributed by atoms with van der Waals surface area (Å²) in [6.07, 6.45) is 2.69. The Kier molecular flexibility index (Phi) is 6.12. The zero-order valence-corrected chi connectivity index (χ0v) is 17.1. The highest BCUT2D eigenvalue weighted by atomic mass is 16.5. The molecule has 1 heterocycles. The monoisotopic (exact) mass is 392 g/mol. The summed E-state index contributed by atoms with van der Waals surface area (Å²) in [5.41, 5.74) is 3.15. The molecule has 0 saturated heterocycles. The van der Waals surface area contributed by atoms with Gasteiger partial charge in [0.2, 0.25) is 0 Å². The van der Waals surface area contributed by atoms with Gasteiger partial charge in [0.25, 0.3) is 5.91 Å². The van der Waals surface area contributed by atoms with E-state index in [1.165, 1.54) is 11.9 Å². The van der Waals surface area contributed by atoms with E-state index >= 15 is 0 Å². The van der Waals surface area contributed by atoms with Crippen LogP contribution in [-0.2, 0) is 4.79 Å². The number of hydrazone groups is 1. The Morgan fingerprint density at radius 2 is 1.86 bits per heavy atom. The molecule has 0 radical (unpaired) electrons. The van der Waals surface area contributed by atoms with Crippen LogP contribution in [0, 0.1) is 0 Å². The number of hydrogen-bond donors (Lipinski definition) is 0. The molecule has 0 N–H and O–H groups in total. The highest BCUT2D eigenvalue weighted by Gasteiger charge is 2.28. The van der Waals surface area contributed by atoms with Gasteiger partial charge < -0.3 is 9.47 Å². The molecule has 6 heteroatoms. The van der Waals surface area contributed by atoms with Crippen molar-refractivity contribution in [2.75, 3.05) is 18.7 Å². The van der Waals surface area contributed by atoms with Crippen LogP contribution in [0.3, 0.4) is 0 Å². The first-order valence-corrected chi connectivity index (χ1v) is 9.48. The topological polar surface area (TPSA) is 68.2 Å². The van der Waals surface area contributed by atoms with Gasteiger partial charge in [0.15, 0.2) is 17.3 Å². The first kappa shape index (κ1) is 20.3. The summed E-state index contributed by atoms with van der Waals surface area (Å²) in [6, 6.07) is 12.4. The number of Topliss-reactive ketones (excluding diaryl/α,β-unsaturated/α-hetero) is 1. The fourth-order valence-electron chi connectivity index (χ4n) is 2.97. The highest BCUT2D eigenvalue weighted by Crippen LogP contribution is 2.30. The quantitative estimate of drug-likeness (QED) is 0.514. The maximum absolute atomic E-state index is 12.9. The Morgan fingerprint density at radius 3 is 2.48 bits per heavy atom. The number of methoxy groups -OCH3 is 1. The third kappa shape index (κ3) is 4.37. The summed E-state index contributed by atoms with van der Waals surface area (Å²) < 4.78 is 11.1. The molecule has 150 valence electrons. The van der Waals surface area contributed by atoms with E-state index in [1.54, 1.807) is 44.4 Å². The predicted octanol–water partition coefficient (Wildman–Crippen LogP) is 4.49. The Morgan fingerprint density at radius 1 is 1.14 bits per heavy atom. The van der Waals surface area contributed by atoms with Crippen molar-refractivity contribution in [2.45, 2.75) is 27.2 Å². The van der Waals surface area contributed by atoms with Crippen LogP contribution in [0.4, 0.5) is 5.69 Å². The van der Waals surface area contributed by atoms with Gasteiger partial charge in [-0.05, 0) is 68.3 Å². The molecule has 0 saturated carbocycles. The highest BCUT2D eigenvalue weighted by molar-refractivity contribution is 6.32. The van der Waals surface area contributed by atoms with Gasteiger partial charge in [-0.3, -0.25) is 9.59 Å². The van der Waals surface area contributed by atoms with Crippen LogP contribution in [0.25, 0.3) is 6.08 Å². The largest absolute Gasteiger partial charge is 0.493 e. The van der Waals surface area contributed by atoms with Gasteiger partial charge in [-0.1, -0.05) is 13.0 Å². The Bertz CT molecular complexity index is 990. The van der Waals surface area contributed by atoms with Gasteiger partial charge in [0.1, 0.15) is 0 Å². The van der Waals surface area contributed by atoms with Crippen molar-refractivity contribution in [3.8, 4) is 11.5 Å². The maximum atomic E-state index is 12.9. The van der Waals surface area contributed by atoms with E-state index in [4.69, 9.17) is 9.47 Å². The van der Waals surface area contributed by atoms with Crippen LogP contribution in [0.1, 0.15) is 43.1 Å². The molecular formula is C23H24N2O4. The van der Waals surface area contributed by atoms with Crippen molar-refractivity contribution in [1.29, 1.82) is 0 Å². The molecule has 1 aliphatic rings. The molecule has 0 fully saturated rings. The van der Waals surface area contributed by atoms with Gasteiger partial charge in [0, 0.05) is 5.56 Å². The normalized spacial score (nSPS) is 14.9. The lowest BCUT2D eigenvalue weighted by molar-refractivity contribution is -0.114. The summed E-state index contributed by atoms with van der Waals surface area (Å²) in [6.45, 7) is 5.95. The summed E-state index contributed by atoms with van der Waals surface area (Å²) in [4.78, 5) is 24.4. The molecule has 1 aliphatic heterocycles. The number of hydrogen-bond acceptors (Lipinski definition) is 5. The number of benzene rings is 2. The van der Waals surface area contributed by atoms with Crippen LogP contribution in [0.2, 0.25) is 0 Å². The third-order valence-electron chi connectivity index (χ3n) is 4.54. The smallest absolute Gasteiger partial charge is 0.280 e. The van der Waals surface area contributed by atoms with Crippen molar-refractivity contribution in [3.05, 3.63) is 59.2 Å². The molecule has 29 heavy (non-hydrogen) atoms. The molecule has 6 nitrogen and oxygen atoms in total. The lowest BCUT2D eigenvalue weighted by atomic mass is 10.1. The zero-order valence-electron chi connectivity index (χ0n) is 17.1. The molecule has 0 spiro atoms. The second kappa shape index (κ2) is 8.73. The lowest BCUT2D eigenvalue weighted by Crippen LogP contribution is -2.21. The van der Waals surface area contributed by atoms with E-state index in [1.807, 2.05) is 25.1 Å². The molecule has 0 atom stereocenters.